The van der Waals surface area contributed by atoms with E-state index in [2.05, 4.69) is 5.32 Å². The Labute approximate surface area is 222 Å². The molecule has 0 fully saturated rings. The zero-order valence-electron chi connectivity index (χ0n) is 21.3. The number of ether oxygens (including phenoxy) is 1. The third-order valence-corrected chi connectivity index (χ3v) is 6.36. The highest BCUT2D eigenvalue weighted by atomic mass is 19.1. The molecular formula is C32H31FN2O3. The zero-order chi connectivity index (χ0) is 26.7. The van der Waals surface area contributed by atoms with E-state index in [1.165, 1.54) is 12.1 Å². The topological polar surface area (TPSA) is 58.6 Å². The molecule has 5 nitrogen and oxygen atoms in total. The molecule has 4 rings (SSSR count). The number of methoxy groups -OCH3 is 1. The van der Waals surface area contributed by atoms with Gasteiger partial charge in [-0.2, -0.15) is 0 Å². The standard InChI is InChI=1S/C32H31FN2O3/c1-38-29-19-14-25(15-20-29)22-34-32(37)31(27-10-6-3-7-11-27)35(23-26-12-17-28(33)18-13-26)30(36)21-16-24-8-4-2-5-9-24/h2-15,17-20,31H,16,21-23H2,1H3,(H,34,37)/t31-/m0/s1. The molecule has 0 spiro atoms. The summed E-state index contributed by atoms with van der Waals surface area (Å²) in [7, 11) is 1.60. The molecule has 0 heterocycles. The van der Waals surface area contributed by atoms with Gasteiger partial charge in [0, 0.05) is 19.5 Å². The molecule has 0 aliphatic carbocycles. The van der Waals surface area contributed by atoms with E-state index in [9.17, 15) is 14.0 Å². The predicted molar refractivity (Wildman–Crippen MR) is 146 cm³/mol. The number of nitrogens with zero attached hydrogens (tertiary/aromatic N) is 1. The van der Waals surface area contributed by atoms with Gasteiger partial charge in [0.15, 0.2) is 0 Å². The third-order valence-electron chi connectivity index (χ3n) is 6.36. The van der Waals surface area contributed by atoms with Crippen LogP contribution >= 0.6 is 0 Å². The molecule has 0 bridgehead atoms. The summed E-state index contributed by atoms with van der Waals surface area (Å²) in [5.74, 6) is -0.0712. The van der Waals surface area contributed by atoms with Crippen LogP contribution in [0.5, 0.6) is 5.75 Å². The molecule has 4 aromatic carbocycles. The number of benzene rings is 4. The van der Waals surface area contributed by atoms with Crippen molar-refractivity contribution in [2.24, 2.45) is 0 Å². The number of carbonyl (C=O) groups excluding carboxylic acids is 2. The maximum absolute atomic E-state index is 13.7. The summed E-state index contributed by atoms with van der Waals surface area (Å²) in [6.45, 7) is 0.470. The van der Waals surface area contributed by atoms with Gasteiger partial charge in [0.05, 0.1) is 7.11 Å². The van der Waals surface area contributed by atoms with E-state index in [1.54, 1.807) is 24.1 Å². The van der Waals surface area contributed by atoms with Crippen molar-refractivity contribution >= 4 is 11.8 Å². The Morgan fingerprint density at radius 2 is 1.39 bits per heavy atom. The van der Waals surface area contributed by atoms with Gasteiger partial charge in [-0.1, -0.05) is 84.9 Å². The van der Waals surface area contributed by atoms with Crippen LogP contribution in [-0.4, -0.2) is 23.8 Å². The fourth-order valence-electron chi connectivity index (χ4n) is 4.29. The Hall–Kier alpha value is -4.45. The number of halogens is 1. The van der Waals surface area contributed by atoms with Crippen molar-refractivity contribution in [3.05, 3.63) is 137 Å². The predicted octanol–water partition coefficient (Wildman–Crippen LogP) is 5.85. The first kappa shape index (κ1) is 26.6. The largest absolute Gasteiger partial charge is 0.497 e. The Bertz CT molecular complexity index is 1310. The molecule has 4 aromatic rings. The van der Waals surface area contributed by atoms with Gasteiger partial charge in [-0.3, -0.25) is 9.59 Å². The molecule has 2 amide bonds. The second-order valence-corrected chi connectivity index (χ2v) is 9.01. The number of rotatable bonds is 11. The lowest BCUT2D eigenvalue weighted by Crippen LogP contribution is -2.43. The average Bonchev–Trinajstić information content (AvgIpc) is 2.97. The lowest BCUT2D eigenvalue weighted by atomic mass is 10.0. The van der Waals surface area contributed by atoms with Gasteiger partial charge < -0.3 is 15.0 Å². The van der Waals surface area contributed by atoms with Crippen molar-refractivity contribution in [3.63, 3.8) is 0 Å². The molecule has 0 saturated carbocycles. The van der Waals surface area contributed by atoms with Gasteiger partial charge in [0.25, 0.3) is 0 Å². The molecule has 38 heavy (non-hydrogen) atoms. The van der Waals surface area contributed by atoms with Crippen LogP contribution in [0, 0.1) is 5.82 Å². The summed E-state index contributed by atoms with van der Waals surface area (Å²) >= 11 is 0. The summed E-state index contributed by atoms with van der Waals surface area (Å²) in [6.07, 6.45) is 0.787. The molecule has 6 heteroatoms. The molecular weight excluding hydrogens is 479 g/mol. The van der Waals surface area contributed by atoms with E-state index in [1.807, 2.05) is 84.9 Å². The maximum atomic E-state index is 13.7. The highest BCUT2D eigenvalue weighted by Gasteiger charge is 2.31. The lowest BCUT2D eigenvalue weighted by molar-refractivity contribution is -0.141. The Balaban J connectivity index is 1.61. The fraction of sp³-hybridized carbons (Fsp3) is 0.188. The molecule has 0 unspecified atom stereocenters. The summed E-state index contributed by atoms with van der Waals surface area (Å²) in [4.78, 5) is 29.0. The van der Waals surface area contributed by atoms with Crippen molar-refractivity contribution in [1.29, 1.82) is 0 Å². The number of carbonyl (C=O) groups is 2. The van der Waals surface area contributed by atoms with E-state index < -0.39 is 6.04 Å². The van der Waals surface area contributed by atoms with Gasteiger partial charge in [0.2, 0.25) is 11.8 Å². The van der Waals surface area contributed by atoms with Crippen LogP contribution in [0.15, 0.2) is 109 Å². The van der Waals surface area contributed by atoms with E-state index in [-0.39, 0.29) is 30.6 Å². The first-order valence-electron chi connectivity index (χ1n) is 12.6. The Morgan fingerprint density at radius 1 is 0.789 bits per heavy atom. The van der Waals surface area contributed by atoms with Gasteiger partial charge >= 0.3 is 0 Å². The van der Waals surface area contributed by atoms with Crippen LogP contribution in [-0.2, 0) is 29.1 Å². The fourth-order valence-corrected chi connectivity index (χ4v) is 4.29. The smallest absolute Gasteiger partial charge is 0.247 e. The van der Waals surface area contributed by atoms with Crippen LogP contribution in [0.4, 0.5) is 4.39 Å². The minimum atomic E-state index is -0.859. The van der Waals surface area contributed by atoms with Gasteiger partial charge in [-0.05, 0) is 52.9 Å². The average molecular weight is 511 g/mol. The van der Waals surface area contributed by atoms with Crippen molar-refractivity contribution in [2.75, 3.05) is 7.11 Å². The first-order valence-corrected chi connectivity index (χ1v) is 12.6. The molecule has 0 aliphatic rings. The lowest BCUT2D eigenvalue weighted by Gasteiger charge is -2.32. The van der Waals surface area contributed by atoms with Crippen LogP contribution < -0.4 is 10.1 Å². The van der Waals surface area contributed by atoms with Gasteiger partial charge in [-0.25, -0.2) is 4.39 Å². The summed E-state index contributed by atoms with van der Waals surface area (Å²) < 4.78 is 18.8. The van der Waals surface area contributed by atoms with Crippen LogP contribution in [0.2, 0.25) is 0 Å². The van der Waals surface area contributed by atoms with Crippen LogP contribution in [0.25, 0.3) is 0 Å². The van der Waals surface area contributed by atoms with E-state index >= 15 is 0 Å². The molecule has 0 aliphatic heterocycles. The third kappa shape index (κ3) is 7.29. The number of nitrogens with one attached hydrogen (secondary N) is 1. The number of aryl methyl sites for hydroxylation is 1. The number of hydrogen-bond acceptors (Lipinski definition) is 3. The number of hydrogen-bond donors (Lipinski definition) is 1. The van der Waals surface area contributed by atoms with Crippen molar-refractivity contribution in [3.8, 4) is 5.75 Å². The minimum absolute atomic E-state index is 0.161. The Kier molecular flexibility index (Phi) is 9.24. The van der Waals surface area contributed by atoms with Crippen molar-refractivity contribution in [1.82, 2.24) is 10.2 Å². The maximum Gasteiger partial charge on any atom is 0.247 e. The van der Waals surface area contributed by atoms with Crippen molar-refractivity contribution < 1.29 is 18.7 Å². The summed E-state index contributed by atoms with van der Waals surface area (Å²) in [6, 6.07) is 31.6. The molecule has 0 saturated heterocycles. The SMILES string of the molecule is COc1ccc(CNC(=O)[C@H](c2ccccc2)N(Cc2ccc(F)cc2)C(=O)CCc2ccccc2)cc1. The quantitative estimate of drug-likeness (QED) is 0.275. The summed E-state index contributed by atoms with van der Waals surface area (Å²) in [5.41, 5.74) is 3.40. The second kappa shape index (κ2) is 13.2. The second-order valence-electron chi connectivity index (χ2n) is 9.01. The minimum Gasteiger partial charge on any atom is -0.497 e. The summed E-state index contributed by atoms with van der Waals surface area (Å²) in [5, 5.41) is 3.01. The van der Waals surface area contributed by atoms with Crippen LogP contribution in [0.1, 0.15) is 34.7 Å². The van der Waals surface area contributed by atoms with Crippen LogP contribution in [0.3, 0.4) is 0 Å². The molecule has 1 atom stereocenters. The van der Waals surface area contributed by atoms with E-state index in [4.69, 9.17) is 4.74 Å². The highest BCUT2D eigenvalue weighted by molar-refractivity contribution is 5.88. The van der Waals surface area contributed by atoms with Gasteiger partial charge in [0.1, 0.15) is 17.6 Å². The first-order chi connectivity index (χ1) is 18.5. The number of amides is 2. The Morgan fingerprint density at radius 3 is 2.03 bits per heavy atom. The monoisotopic (exact) mass is 510 g/mol. The zero-order valence-corrected chi connectivity index (χ0v) is 21.3. The van der Waals surface area contributed by atoms with E-state index in [0.29, 0.717) is 18.5 Å². The molecule has 0 radical (unpaired) electrons. The molecule has 194 valence electrons. The van der Waals surface area contributed by atoms with Gasteiger partial charge in [-0.15, -0.1) is 0 Å². The van der Waals surface area contributed by atoms with Crippen molar-refractivity contribution in [2.45, 2.75) is 32.0 Å². The normalized spacial score (nSPS) is 11.4. The molecule has 0 aromatic heterocycles. The molecule has 1 N–H and O–H groups in total. The highest BCUT2D eigenvalue weighted by Crippen LogP contribution is 2.25. The van der Waals surface area contributed by atoms with E-state index in [0.717, 1.165) is 22.4 Å².